The molecule has 3 rings (SSSR count). The Hall–Kier alpha value is -2.08. The molecule has 3 unspecified atom stereocenters. The number of guanidine groups is 1. The van der Waals surface area contributed by atoms with Gasteiger partial charge in [-0.3, -0.25) is 14.7 Å². The van der Waals surface area contributed by atoms with E-state index in [0.717, 1.165) is 70.8 Å². The maximum Gasteiger partial charge on any atom is 0.222 e. The molecule has 31 heavy (non-hydrogen) atoms. The number of likely N-dealkylation sites (tertiary alicyclic amines) is 2. The van der Waals surface area contributed by atoms with E-state index >= 15 is 0 Å². The van der Waals surface area contributed by atoms with Gasteiger partial charge in [0.05, 0.1) is 0 Å². The largest absolute Gasteiger partial charge is 0.357 e. The van der Waals surface area contributed by atoms with Crippen molar-refractivity contribution in [2.24, 2.45) is 4.99 Å². The number of nitrogens with zero attached hydrogens (tertiary/aromatic N) is 3. The molecule has 1 aromatic carbocycles. The van der Waals surface area contributed by atoms with Crippen LogP contribution >= 0.6 is 0 Å². The summed E-state index contributed by atoms with van der Waals surface area (Å²) >= 11 is 0. The molecule has 3 atom stereocenters. The van der Waals surface area contributed by atoms with Gasteiger partial charge in [-0.05, 0) is 51.5 Å². The third-order valence-corrected chi connectivity index (χ3v) is 6.68. The van der Waals surface area contributed by atoms with E-state index in [0.29, 0.717) is 30.5 Å². The lowest BCUT2D eigenvalue weighted by Gasteiger charge is -2.38. The fraction of sp³-hybridized carbons (Fsp3) is 0.680. The second-order valence-electron chi connectivity index (χ2n) is 8.97. The van der Waals surface area contributed by atoms with Crippen molar-refractivity contribution in [2.45, 2.75) is 84.0 Å². The molecule has 6 heteroatoms. The zero-order chi connectivity index (χ0) is 22.1. The average molecular weight is 428 g/mol. The van der Waals surface area contributed by atoms with E-state index in [2.05, 4.69) is 71.5 Å². The van der Waals surface area contributed by atoms with Crippen molar-refractivity contribution in [3.05, 3.63) is 35.9 Å². The Labute approximate surface area is 188 Å². The first-order chi connectivity index (χ1) is 15.1. The van der Waals surface area contributed by atoms with Crippen LogP contribution in [0.3, 0.4) is 0 Å². The number of aliphatic imine (C=N–C) groups is 1. The lowest BCUT2D eigenvalue weighted by Crippen LogP contribution is -2.51. The van der Waals surface area contributed by atoms with Crippen LogP contribution in [0.5, 0.6) is 0 Å². The summed E-state index contributed by atoms with van der Waals surface area (Å²) in [6.45, 7) is 11.3. The molecule has 1 amide bonds. The Kier molecular flexibility index (Phi) is 9.19. The molecule has 0 spiro atoms. The van der Waals surface area contributed by atoms with Gasteiger partial charge in [-0.25, -0.2) is 0 Å². The highest BCUT2D eigenvalue weighted by molar-refractivity contribution is 5.80. The third kappa shape index (κ3) is 6.96. The van der Waals surface area contributed by atoms with E-state index in [-0.39, 0.29) is 0 Å². The molecular weight excluding hydrogens is 386 g/mol. The molecule has 172 valence electrons. The van der Waals surface area contributed by atoms with Crippen LogP contribution in [0.4, 0.5) is 0 Å². The van der Waals surface area contributed by atoms with Crippen molar-refractivity contribution in [2.75, 3.05) is 26.2 Å². The number of nitrogens with one attached hydrogen (secondary N) is 2. The Bertz CT molecular complexity index is 707. The van der Waals surface area contributed by atoms with E-state index in [4.69, 9.17) is 4.99 Å². The van der Waals surface area contributed by atoms with Crippen molar-refractivity contribution in [3.8, 4) is 0 Å². The molecule has 0 bridgehead atoms. The number of amides is 1. The molecule has 2 heterocycles. The van der Waals surface area contributed by atoms with Gasteiger partial charge in [0.1, 0.15) is 0 Å². The predicted molar refractivity (Wildman–Crippen MR) is 128 cm³/mol. The van der Waals surface area contributed by atoms with Crippen LogP contribution in [0, 0.1) is 0 Å². The van der Waals surface area contributed by atoms with Crippen LogP contribution < -0.4 is 10.6 Å². The van der Waals surface area contributed by atoms with E-state index < -0.39 is 0 Å². The first-order valence-corrected chi connectivity index (χ1v) is 12.2. The minimum atomic E-state index is 0.317. The van der Waals surface area contributed by atoms with Gasteiger partial charge in [0.2, 0.25) is 5.91 Å². The SMILES string of the molecule is CCNC(=NCCC(CC)N1CCCC1=O)NC1CCN(Cc2ccccc2)C(C)C1. The Balaban J connectivity index is 1.48. The lowest BCUT2D eigenvalue weighted by atomic mass is 9.97. The van der Waals surface area contributed by atoms with Gasteiger partial charge in [0.25, 0.3) is 0 Å². The van der Waals surface area contributed by atoms with Gasteiger partial charge in [-0.15, -0.1) is 0 Å². The van der Waals surface area contributed by atoms with Gasteiger partial charge in [-0.2, -0.15) is 0 Å². The molecule has 2 saturated heterocycles. The van der Waals surface area contributed by atoms with Crippen LogP contribution in [0.15, 0.2) is 35.3 Å². The maximum absolute atomic E-state index is 12.1. The van der Waals surface area contributed by atoms with E-state index in [1.54, 1.807) is 0 Å². The van der Waals surface area contributed by atoms with E-state index in [1.807, 2.05) is 0 Å². The van der Waals surface area contributed by atoms with Crippen molar-refractivity contribution in [1.82, 2.24) is 20.4 Å². The highest BCUT2D eigenvalue weighted by atomic mass is 16.2. The monoisotopic (exact) mass is 427 g/mol. The van der Waals surface area contributed by atoms with Crippen LogP contribution in [-0.2, 0) is 11.3 Å². The van der Waals surface area contributed by atoms with Gasteiger partial charge < -0.3 is 15.5 Å². The molecule has 6 nitrogen and oxygen atoms in total. The number of hydrogen-bond acceptors (Lipinski definition) is 3. The van der Waals surface area contributed by atoms with Crippen LogP contribution in [0.2, 0.25) is 0 Å². The van der Waals surface area contributed by atoms with Gasteiger partial charge >= 0.3 is 0 Å². The second kappa shape index (κ2) is 12.1. The van der Waals surface area contributed by atoms with Crippen molar-refractivity contribution >= 4 is 11.9 Å². The first kappa shape index (κ1) is 23.6. The average Bonchev–Trinajstić information content (AvgIpc) is 3.19. The summed E-state index contributed by atoms with van der Waals surface area (Å²) < 4.78 is 0. The van der Waals surface area contributed by atoms with Gasteiger partial charge in [0.15, 0.2) is 5.96 Å². The fourth-order valence-electron chi connectivity index (χ4n) is 4.88. The molecule has 0 aromatic heterocycles. The predicted octanol–water partition coefficient (Wildman–Crippen LogP) is 3.39. The highest BCUT2D eigenvalue weighted by Crippen LogP contribution is 2.20. The van der Waals surface area contributed by atoms with E-state index in [1.165, 1.54) is 5.56 Å². The maximum atomic E-state index is 12.1. The minimum Gasteiger partial charge on any atom is -0.357 e. The molecule has 0 saturated carbocycles. The van der Waals surface area contributed by atoms with Crippen LogP contribution in [0.25, 0.3) is 0 Å². The summed E-state index contributed by atoms with van der Waals surface area (Å²) in [6, 6.07) is 12.1. The van der Waals surface area contributed by atoms with Crippen molar-refractivity contribution < 1.29 is 4.79 Å². The standard InChI is InChI=1S/C25H41N5O/c1-4-23(30-16-9-12-24(30)31)13-15-27-25(26-5-2)28-22-14-17-29(20(3)18-22)19-21-10-7-6-8-11-21/h6-8,10-11,20,22-23H,4-5,9,12-19H2,1-3H3,(H2,26,27,28). The Morgan fingerprint density at radius 1 is 1.23 bits per heavy atom. The molecule has 2 N–H and O–H groups in total. The quantitative estimate of drug-likeness (QED) is 0.469. The summed E-state index contributed by atoms with van der Waals surface area (Å²) in [6.07, 6.45) is 5.90. The van der Waals surface area contributed by atoms with Crippen LogP contribution in [-0.4, -0.2) is 66.0 Å². The number of benzene rings is 1. The molecule has 2 aliphatic rings. The zero-order valence-corrected chi connectivity index (χ0v) is 19.6. The zero-order valence-electron chi connectivity index (χ0n) is 19.6. The second-order valence-corrected chi connectivity index (χ2v) is 8.97. The van der Waals surface area contributed by atoms with E-state index in [9.17, 15) is 4.79 Å². The molecule has 2 fully saturated rings. The molecule has 2 aliphatic heterocycles. The summed E-state index contributed by atoms with van der Waals surface area (Å²) in [7, 11) is 0. The van der Waals surface area contributed by atoms with Crippen molar-refractivity contribution in [1.29, 1.82) is 0 Å². The number of hydrogen-bond donors (Lipinski definition) is 2. The summed E-state index contributed by atoms with van der Waals surface area (Å²) in [5, 5.41) is 7.08. The number of piperidine rings is 1. The lowest BCUT2D eigenvalue weighted by molar-refractivity contribution is -0.129. The Morgan fingerprint density at radius 3 is 2.68 bits per heavy atom. The van der Waals surface area contributed by atoms with Gasteiger partial charge in [-0.1, -0.05) is 37.3 Å². The topological polar surface area (TPSA) is 60.0 Å². The normalized spacial score (nSPS) is 23.8. The van der Waals surface area contributed by atoms with Gasteiger partial charge in [0, 0.05) is 57.3 Å². The summed E-state index contributed by atoms with van der Waals surface area (Å²) in [5.74, 6) is 1.23. The molecule has 0 aliphatic carbocycles. The Morgan fingerprint density at radius 2 is 2.03 bits per heavy atom. The fourth-order valence-corrected chi connectivity index (χ4v) is 4.88. The smallest absolute Gasteiger partial charge is 0.222 e. The highest BCUT2D eigenvalue weighted by Gasteiger charge is 2.27. The minimum absolute atomic E-state index is 0.317. The number of carbonyl (C=O) groups excluding carboxylic acids is 1. The molecule has 0 radical (unpaired) electrons. The van der Waals surface area contributed by atoms with Crippen molar-refractivity contribution in [3.63, 3.8) is 0 Å². The number of carbonyl (C=O) groups is 1. The molecule has 1 aromatic rings. The number of rotatable bonds is 9. The van der Waals surface area contributed by atoms with Crippen LogP contribution in [0.1, 0.15) is 64.9 Å². The third-order valence-electron chi connectivity index (χ3n) is 6.68. The summed E-state index contributed by atoms with van der Waals surface area (Å²) in [4.78, 5) is 21.6. The molecular formula is C25H41N5O. The summed E-state index contributed by atoms with van der Waals surface area (Å²) in [5.41, 5.74) is 1.39. The first-order valence-electron chi connectivity index (χ1n) is 12.2.